The van der Waals surface area contributed by atoms with E-state index in [4.69, 9.17) is 5.73 Å². The Balaban J connectivity index is 2.49. The van der Waals surface area contributed by atoms with Crippen LogP contribution in [-0.4, -0.2) is 6.29 Å². The van der Waals surface area contributed by atoms with Gasteiger partial charge in [0.25, 0.3) is 0 Å². The first-order valence-corrected chi connectivity index (χ1v) is 3.95. The standard InChI is InChI=1S/C8H4F5NO2/c9-7(10,11)3-1-5-6(2-4(3)14)16-8(12,13)15-5/h1-2H,14H2. The molecule has 0 atom stereocenters. The number of benzene rings is 1. The molecule has 1 aromatic carbocycles. The minimum atomic E-state index is -4.74. The fraction of sp³-hybridized carbons (Fsp3) is 0.250. The molecule has 0 radical (unpaired) electrons. The number of ether oxygens (including phenoxy) is 2. The van der Waals surface area contributed by atoms with E-state index in [1.807, 2.05) is 0 Å². The fourth-order valence-electron chi connectivity index (χ4n) is 1.26. The first-order chi connectivity index (χ1) is 7.19. The van der Waals surface area contributed by atoms with E-state index >= 15 is 0 Å². The van der Waals surface area contributed by atoms with Crippen LogP contribution in [-0.2, 0) is 6.18 Å². The molecule has 0 unspecified atom stereocenters. The molecule has 8 heteroatoms. The number of nitrogen functional groups attached to an aromatic ring is 1. The zero-order chi connectivity index (χ0) is 12.1. The van der Waals surface area contributed by atoms with Gasteiger partial charge in [-0.25, -0.2) is 0 Å². The summed E-state index contributed by atoms with van der Waals surface area (Å²) in [6.07, 6.45) is -8.70. The fourth-order valence-corrected chi connectivity index (χ4v) is 1.26. The predicted octanol–water partition coefficient (Wildman–Crippen LogP) is 2.61. The Morgan fingerprint density at radius 3 is 2.06 bits per heavy atom. The molecule has 3 nitrogen and oxygen atoms in total. The normalized spacial score (nSPS) is 17.6. The molecule has 0 amide bonds. The van der Waals surface area contributed by atoms with Gasteiger partial charge in [0, 0.05) is 11.8 Å². The first-order valence-electron chi connectivity index (χ1n) is 3.95. The van der Waals surface area contributed by atoms with Crippen molar-refractivity contribution in [2.45, 2.75) is 12.5 Å². The van der Waals surface area contributed by atoms with Crippen LogP contribution in [0.5, 0.6) is 11.5 Å². The van der Waals surface area contributed by atoms with Gasteiger partial charge in [0.1, 0.15) is 0 Å². The van der Waals surface area contributed by atoms with E-state index in [1.54, 1.807) is 0 Å². The van der Waals surface area contributed by atoms with Crippen LogP contribution in [0.3, 0.4) is 0 Å². The second-order valence-corrected chi connectivity index (χ2v) is 3.05. The number of hydrogen-bond donors (Lipinski definition) is 1. The number of fused-ring (bicyclic) bond motifs is 1. The summed E-state index contributed by atoms with van der Waals surface area (Å²) in [5.41, 5.74) is 3.12. The summed E-state index contributed by atoms with van der Waals surface area (Å²) >= 11 is 0. The molecule has 88 valence electrons. The molecule has 1 aliphatic rings. The van der Waals surface area contributed by atoms with E-state index in [1.165, 1.54) is 0 Å². The maximum absolute atomic E-state index is 12.5. The molecule has 0 aliphatic carbocycles. The lowest BCUT2D eigenvalue weighted by molar-refractivity contribution is -0.286. The van der Waals surface area contributed by atoms with Crippen molar-refractivity contribution in [1.82, 2.24) is 0 Å². The van der Waals surface area contributed by atoms with Crippen LogP contribution in [0.25, 0.3) is 0 Å². The van der Waals surface area contributed by atoms with Gasteiger partial charge in [0.05, 0.1) is 5.56 Å². The summed E-state index contributed by atoms with van der Waals surface area (Å²) in [6.45, 7) is 0. The first kappa shape index (κ1) is 10.8. The maximum atomic E-state index is 12.5. The Kier molecular flexibility index (Phi) is 1.95. The molecule has 16 heavy (non-hydrogen) atoms. The van der Waals surface area contributed by atoms with E-state index in [0.717, 1.165) is 0 Å². The second-order valence-electron chi connectivity index (χ2n) is 3.05. The van der Waals surface area contributed by atoms with Crippen LogP contribution in [0, 0.1) is 0 Å². The number of anilines is 1. The van der Waals surface area contributed by atoms with Crippen molar-refractivity contribution in [3.8, 4) is 11.5 Å². The van der Waals surface area contributed by atoms with Gasteiger partial charge >= 0.3 is 12.5 Å². The van der Waals surface area contributed by atoms with Gasteiger partial charge in [-0.3, -0.25) is 0 Å². The summed E-state index contributed by atoms with van der Waals surface area (Å²) in [4.78, 5) is 0. The molecule has 1 heterocycles. The lowest BCUT2D eigenvalue weighted by atomic mass is 10.1. The van der Waals surface area contributed by atoms with E-state index < -0.39 is 35.2 Å². The maximum Gasteiger partial charge on any atom is 0.586 e. The predicted molar refractivity (Wildman–Crippen MR) is 42.1 cm³/mol. The molecular weight excluding hydrogens is 237 g/mol. The Bertz CT molecular complexity index is 443. The van der Waals surface area contributed by atoms with E-state index in [-0.39, 0.29) is 0 Å². The molecule has 1 aliphatic heterocycles. The number of rotatable bonds is 0. The molecule has 0 spiro atoms. The molecule has 0 bridgehead atoms. The van der Waals surface area contributed by atoms with Crippen molar-refractivity contribution in [1.29, 1.82) is 0 Å². The van der Waals surface area contributed by atoms with Gasteiger partial charge in [0.15, 0.2) is 11.5 Å². The van der Waals surface area contributed by atoms with Crippen molar-refractivity contribution >= 4 is 5.69 Å². The second kappa shape index (κ2) is 2.89. The SMILES string of the molecule is Nc1cc2c(cc1C(F)(F)F)OC(F)(F)O2. The lowest BCUT2D eigenvalue weighted by Crippen LogP contribution is -2.25. The van der Waals surface area contributed by atoms with Crippen molar-refractivity contribution < 1.29 is 31.4 Å². The highest BCUT2D eigenvalue weighted by molar-refractivity contribution is 5.59. The Morgan fingerprint density at radius 1 is 1.06 bits per heavy atom. The highest BCUT2D eigenvalue weighted by Gasteiger charge is 2.45. The molecule has 2 rings (SSSR count). The van der Waals surface area contributed by atoms with Gasteiger partial charge in [-0.15, -0.1) is 8.78 Å². The number of nitrogens with two attached hydrogens (primary N) is 1. The van der Waals surface area contributed by atoms with E-state index in [0.29, 0.717) is 12.1 Å². The summed E-state index contributed by atoms with van der Waals surface area (Å²) < 4.78 is 69.9. The van der Waals surface area contributed by atoms with Crippen molar-refractivity contribution in [3.63, 3.8) is 0 Å². The van der Waals surface area contributed by atoms with E-state index in [2.05, 4.69) is 9.47 Å². The molecule has 0 aromatic heterocycles. The van der Waals surface area contributed by atoms with Gasteiger partial charge in [-0.2, -0.15) is 13.2 Å². The zero-order valence-electron chi connectivity index (χ0n) is 7.44. The summed E-state index contributed by atoms with van der Waals surface area (Å²) in [7, 11) is 0. The number of halogens is 5. The third-order valence-corrected chi connectivity index (χ3v) is 1.88. The Labute approximate surface area is 85.6 Å². The highest BCUT2D eigenvalue weighted by atomic mass is 19.4. The Hall–Kier alpha value is -1.73. The van der Waals surface area contributed by atoms with Gasteiger partial charge < -0.3 is 15.2 Å². The molecule has 2 N–H and O–H groups in total. The van der Waals surface area contributed by atoms with Crippen LogP contribution in [0.1, 0.15) is 5.56 Å². The largest absolute Gasteiger partial charge is 0.586 e. The smallest absolute Gasteiger partial charge is 0.398 e. The molecular formula is C8H4F5NO2. The molecule has 0 saturated heterocycles. The lowest BCUT2D eigenvalue weighted by Gasteiger charge is -2.09. The van der Waals surface area contributed by atoms with Crippen molar-refractivity contribution in [2.24, 2.45) is 0 Å². The molecule has 0 fully saturated rings. The zero-order valence-corrected chi connectivity index (χ0v) is 7.44. The van der Waals surface area contributed by atoms with Gasteiger partial charge in [-0.1, -0.05) is 0 Å². The molecule has 1 aromatic rings. The topological polar surface area (TPSA) is 44.5 Å². The van der Waals surface area contributed by atoms with Crippen LogP contribution < -0.4 is 15.2 Å². The molecule has 0 saturated carbocycles. The summed E-state index contributed by atoms with van der Waals surface area (Å²) in [5.74, 6) is -1.21. The van der Waals surface area contributed by atoms with Gasteiger partial charge in [0.2, 0.25) is 0 Å². The van der Waals surface area contributed by atoms with E-state index in [9.17, 15) is 22.0 Å². The third-order valence-electron chi connectivity index (χ3n) is 1.88. The van der Waals surface area contributed by atoms with Crippen LogP contribution in [0.15, 0.2) is 12.1 Å². The van der Waals surface area contributed by atoms with Crippen LogP contribution >= 0.6 is 0 Å². The highest BCUT2D eigenvalue weighted by Crippen LogP contribution is 2.46. The summed E-state index contributed by atoms with van der Waals surface area (Å²) in [6, 6.07) is 1.03. The number of hydrogen-bond acceptors (Lipinski definition) is 3. The summed E-state index contributed by atoms with van der Waals surface area (Å²) in [5, 5.41) is 0. The average molecular weight is 241 g/mol. The van der Waals surface area contributed by atoms with Crippen LogP contribution in [0.2, 0.25) is 0 Å². The quantitative estimate of drug-likeness (QED) is 0.560. The van der Waals surface area contributed by atoms with Gasteiger partial charge in [-0.05, 0) is 6.07 Å². The minimum absolute atomic E-state index is 0.381. The number of alkyl halides is 5. The van der Waals surface area contributed by atoms with Crippen molar-refractivity contribution in [2.75, 3.05) is 5.73 Å². The minimum Gasteiger partial charge on any atom is -0.398 e. The third kappa shape index (κ3) is 1.70. The monoisotopic (exact) mass is 241 g/mol. The average Bonchev–Trinajstić information content (AvgIpc) is 2.34. The van der Waals surface area contributed by atoms with Crippen LogP contribution in [0.4, 0.5) is 27.6 Å². The Morgan fingerprint density at radius 2 is 1.56 bits per heavy atom. The van der Waals surface area contributed by atoms with Crippen molar-refractivity contribution in [3.05, 3.63) is 17.7 Å².